The van der Waals surface area contributed by atoms with Gasteiger partial charge in [-0.1, -0.05) is 6.07 Å². The monoisotopic (exact) mass is 357 g/mol. The maximum atomic E-state index is 13.3. The maximum Gasteiger partial charge on any atom is 0.272 e. The van der Waals surface area contributed by atoms with Gasteiger partial charge in [0.05, 0.1) is 13.2 Å². The number of hydrogen-bond donors (Lipinski definition) is 1. The Morgan fingerprint density at radius 1 is 1.12 bits per heavy atom. The summed E-state index contributed by atoms with van der Waals surface area (Å²) in [5, 5.41) is 3.09. The molecule has 2 aliphatic rings. The molecule has 3 heterocycles. The zero-order chi connectivity index (χ0) is 18.0. The number of rotatable bonds is 3. The number of likely N-dealkylation sites (tertiary alicyclic amines) is 1. The summed E-state index contributed by atoms with van der Waals surface area (Å²) >= 11 is 0. The standard InChI is InChI=1S/C19H20FN3O3/c20-14-2-1-3-15(12-14)22-16-4-7-21-17(13-16)18(24)23-8-5-19(6-9-23)25-10-11-26-19/h1-4,7,12-13H,5-6,8-11H2,(H,21,22). The Balaban J connectivity index is 1.43. The fraction of sp³-hybridized carbons (Fsp3) is 0.368. The van der Waals surface area contributed by atoms with Gasteiger partial charge in [-0.05, 0) is 30.3 Å². The van der Waals surface area contributed by atoms with Crippen molar-refractivity contribution < 1.29 is 18.7 Å². The molecule has 0 bridgehead atoms. The van der Waals surface area contributed by atoms with Crippen LogP contribution in [0.4, 0.5) is 15.8 Å². The van der Waals surface area contributed by atoms with Crippen molar-refractivity contribution in [1.82, 2.24) is 9.88 Å². The highest BCUT2D eigenvalue weighted by Gasteiger charge is 2.41. The summed E-state index contributed by atoms with van der Waals surface area (Å²) in [5.74, 6) is -0.954. The highest BCUT2D eigenvalue weighted by molar-refractivity contribution is 5.93. The van der Waals surface area contributed by atoms with E-state index in [0.717, 1.165) is 0 Å². The molecule has 2 saturated heterocycles. The summed E-state index contributed by atoms with van der Waals surface area (Å²) in [6.45, 7) is 2.37. The minimum atomic E-state index is -0.509. The van der Waals surface area contributed by atoms with E-state index in [1.54, 1.807) is 35.4 Å². The molecule has 1 spiro atoms. The Hall–Kier alpha value is -2.51. The van der Waals surface area contributed by atoms with E-state index in [4.69, 9.17) is 9.47 Å². The third kappa shape index (κ3) is 3.54. The molecular formula is C19H20FN3O3. The average Bonchev–Trinajstić information content (AvgIpc) is 3.10. The number of nitrogens with one attached hydrogen (secondary N) is 1. The number of halogens is 1. The van der Waals surface area contributed by atoms with Crippen molar-refractivity contribution in [2.24, 2.45) is 0 Å². The number of anilines is 2. The van der Waals surface area contributed by atoms with Gasteiger partial charge >= 0.3 is 0 Å². The maximum absolute atomic E-state index is 13.3. The van der Waals surface area contributed by atoms with Gasteiger partial charge in [-0.25, -0.2) is 4.39 Å². The molecule has 1 amide bonds. The molecule has 7 heteroatoms. The van der Waals surface area contributed by atoms with Crippen LogP contribution in [0.25, 0.3) is 0 Å². The van der Waals surface area contributed by atoms with Crippen LogP contribution < -0.4 is 5.32 Å². The SMILES string of the molecule is O=C(c1cc(Nc2cccc(F)c2)ccn1)N1CCC2(CC1)OCCO2. The van der Waals surface area contributed by atoms with Crippen molar-refractivity contribution in [3.05, 3.63) is 54.1 Å². The topological polar surface area (TPSA) is 63.7 Å². The molecule has 2 fully saturated rings. The first-order chi connectivity index (χ1) is 12.6. The number of carbonyl (C=O) groups excluding carboxylic acids is 1. The smallest absolute Gasteiger partial charge is 0.272 e. The molecule has 2 aromatic rings. The quantitative estimate of drug-likeness (QED) is 0.915. The van der Waals surface area contributed by atoms with Gasteiger partial charge in [0.15, 0.2) is 5.79 Å². The number of amides is 1. The predicted octanol–water partition coefficient (Wildman–Crippen LogP) is 2.94. The molecule has 1 aromatic heterocycles. The molecule has 0 radical (unpaired) electrons. The number of pyridine rings is 1. The van der Waals surface area contributed by atoms with E-state index >= 15 is 0 Å². The van der Waals surface area contributed by atoms with Crippen LogP contribution in [0.3, 0.4) is 0 Å². The van der Waals surface area contributed by atoms with Crippen molar-refractivity contribution in [3.8, 4) is 0 Å². The minimum Gasteiger partial charge on any atom is -0.355 e. The van der Waals surface area contributed by atoms with Crippen LogP contribution in [-0.4, -0.2) is 47.9 Å². The highest BCUT2D eigenvalue weighted by atomic mass is 19.1. The van der Waals surface area contributed by atoms with Gasteiger partial charge in [0.1, 0.15) is 11.5 Å². The van der Waals surface area contributed by atoms with Gasteiger partial charge < -0.3 is 19.7 Å². The van der Waals surface area contributed by atoms with E-state index in [0.29, 0.717) is 56.2 Å². The minimum absolute atomic E-state index is 0.124. The normalized spacial score (nSPS) is 18.9. The summed E-state index contributed by atoms with van der Waals surface area (Å²) in [6.07, 6.45) is 2.91. The Bertz CT molecular complexity index is 798. The number of carbonyl (C=O) groups is 1. The third-order valence-corrected chi connectivity index (χ3v) is 4.72. The van der Waals surface area contributed by atoms with Crippen molar-refractivity contribution in [2.75, 3.05) is 31.6 Å². The Labute approximate surface area is 150 Å². The van der Waals surface area contributed by atoms with Crippen molar-refractivity contribution in [1.29, 1.82) is 0 Å². The molecular weight excluding hydrogens is 337 g/mol. The van der Waals surface area contributed by atoms with Crippen molar-refractivity contribution in [2.45, 2.75) is 18.6 Å². The first kappa shape index (κ1) is 16.9. The van der Waals surface area contributed by atoms with Gasteiger partial charge in [-0.15, -0.1) is 0 Å². The fourth-order valence-corrected chi connectivity index (χ4v) is 3.36. The summed E-state index contributed by atoms with van der Waals surface area (Å²) in [6, 6.07) is 9.59. The lowest BCUT2D eigenvalue weighted by Crippen LogP contribution is -2.47. The van der Waals surface area contributed by atoms with Crippen LogP contribution in [0.15, 0.2) is 42.6 Å². The van der Waals surface area contributed by atoms with Crippen molar-refractivity contribution in [3.63, 3.8) is 0 Å². The molecule has 0 aliphatic carbocycles. The van der Waals surface area contributed by atoms with Gasteiger partial charge in [-0.3, -0.25) is 9.78 Å². The molecule has 0 unspecified atom stereocenters. The van der Waals surface area contributed by atoms with E-state index < -0.39 is 5.79 Å². The van der Waals surface area contributed by atoms with Gasteiger partial charge in [0.25, 0.3) is 5.91 Å². The molecule has 0 saturated carbocycles. The van der Waals surface area contributed by atoms with E-state index in [9.17, 15) is 9.18 Å². The second kappa shape index (κ2) is 7.01. The Kier molecular flexibility index (Phi) is 4.57. The fourth-order valence-electron chi connectivity index (χ4n) is 3.36. The molecule has 136 valence electrons. The second-order valence-corrected chi connectivity index (χ2v) is 6.46. The number of hydrogen-bond acceptors (Lipinski definition) is 5. The third-order valence-electron chi connectivity index (χ3n) is 4.72. The summed E-state index contributed by atoms with van der Waals surface area (Å²) < 4.78 is 24.7. The molecule has 26 heavy (non-hydrogen) atoms. The van der Waals surface area contributed by atoms with Crippen LogP contribution in [0.2, 0.25) is 0 Å². The van der Waals surface area contributed by atoms with E-state index in [-0.39, 0.29) is 11.7 Å². The molecule has 1 aromatic carbocycles. The number of benzene rings is 1. The van der Waals surface area contributed by atoms with Crippen LogP contribution in [0.5, 0.6) is 0 Å². The van der Waals surface area contributed by atoms with Gasteiger partial charge in [-0.2, -0.15) is 0 Å². The summed E-state index contributed by atoms with van der Waals surface area (Å²) in [5.41, 5.74) is 1.66. The first-order valence-electron chi connectivity index (χ1n) is 8.69. The molecule has 1 N–H and O–H groups in total. The lowest BCUT2D eigenvalue weighted by Gasteiger charge is -2.37. The highest BCUT2D eigenvalue weighted by Crippen LogP contribution is 2.31. The van der Waals surface area contributed by atoms with Crippen LogP contribution in [0, 0.1) is 5.82 Å². The lowest BCUT2D eigenvalue weighted by molar-refractivity contribution is -0.181. The van der Waals surface area contributed by atoms with E-state index in [2.05, 4.69) is 10.3 Å². The van der Waals surface area contributed by atoms with E-state index in [1.165, 1.54) is 12.1 Å². The Morgan fingerprint density at radius 2 is 1.85 bits per heavy atom. The number of nitrogens with zero attached hydrogens (tertiary/aromatic N) is 2. The largest absolute Gasteiger partial charge is 0.355 e. The molecule has 2 aliphatic heterocycles. The lowest BCUT2D eigenvalue weighted by atomic mass is 10.0. The zero-order valence-electron chi connectivity index (χ0n) is 14.3. The molecule has 4 rings (SSSR count). The average molecular weight is 357 g/mol. The summed E-state index contributed by atoms with van der Waals surface area (Å²) in [4.78, 5) is 18.7. The van der Waals surface area contributed by atoms with Crippen LogP contribution >= 0.6 is 0 Å². The number of ether oxygens (including phenoxy) is 2. The second-order valence-electron chi connectivity index (χ2n) is 6.46. The molecule has 0 atom stereocenters. The number of aromatic nitrogens is 1. The van der Waals surface area contributed by atoms with E-state index in [1.807, 2.05) is 0 Å². The van der Waals surface area contributed by atoms with Gasteiger partial charge in [0.2, 0.25) is 0 Å². The first-order valence-corrected chi connectivity index (χ1v) is 8.69. The zero-order valence-corrected chi connectivity index (χ0v) is 14.3. The summed E-state index contributed by atoms with van der Waals surface area (Å²) in [7, 11) is 0. The number of piperidine rings is 1. The predicted molar refractivity (Wildman–Crippen MR) is 93.7 cm³/mol. The van der Waals surface area contributed by atoms with Crippen molar-refractivity contribution >= 4 is 17.3 Å². The molecule has 6 nitrogen and oxygen atoms in total. The van der Waals surface area contributed by atoms with Crippen LogP contribution in [0.1, 0.15) is 23.3 Å². The Morgan fingerprint density at radius 3 is 2.58 bits per heavy atom. The van der Waals surface area contributed by atoms with Crippen LogP contribution in [-0.2, 0) is 9.47 Å². The van der Waals surface area contributed by atoms with Gasteiger partial charge in [0, 0.05) is 43.5 Å².